The molecule has 0 unspecified atom stereocenters. The van der Waals surface area contributed by atoms with Gasteiger partial charge in [-0.25, -0.2) is 0 Å². The number of hydrogen-bond acceptors (Lipinski definition) is 2. The summed E-state index contributed by atoms with van der Waals surface area (Å²) in [5, 5.41) is 9.20. The summed E-state index contributed by atoms with van der Waals surface area (Å²) in [7, 11) is 0. The number of aromatic nitrogens is 1. The summed E-state index contributed by atoms with van der Waals surface area (Å²) in [5.41, 5.74) is 4.12. The highest BCUT2D eigenvalue weighted by molar-refractivity contribution is 7.07. The van der Waals surface area contributed by atoms with Crippen molar-refractivity contribution in [3.63, 3.8) is 0 Å². The molecule has 3 heteroatoms. The second-order valence-electron chi connectivity index (χ2n) is 5.82. The summed E-state index contributed by atoms with van der Waals surface area (Å²) in [6.07, 6.45) is 3.30. The van der Waals surface area contributed by atoms with E-state index < -0.39 is 0 Å². The van der Waals surface area contributed by atoms with Crippen LogP contribution in [0.15, 0.2) is 47.3 Å². The Kier molecular flexibility index (Phi) is 4.42. The van der Waals surface area contributed by atoms with Gasteiger partial charge in [-0.2, -0.15) is 11.3 Å². The lowest BCUT2D eigenvalue weighted by molar-refractivity contribution is 0.589. The number of nitrogens with one attached hydrogen (secondary N) is 1. The molecule has 0 amide bonds. The largest absolute Gasteiger partial charge is 0.347 e. The van der Waals surface area contributed by atoms with Crippen LogP contribution >= 0.6 is 11.3 Å². The molecule has 1 aromatic carbocycles. The van der Waals surface area contributed by atoms with E-state index in [4.69, 9.17) is 0 Å². The van der Waals surface area contributed by atoms with Crippen LogP contribution in [0.4, 0.5) is 0 Å². The number of nitrogens with zero attached hydrogens (tertiary/aromatic N) is 1. The smallest absolute Gasteiger partial charge is 0.0483 e. The Balaban J connectivity index is 1.77. The Bertz CT molecular complexity index is 695. The quantitative estimate of drug-likeness (QED) is 0.711. The van der Waals surface area contributed by atoms with Crippen molar-refractivity contribution in [1.29, 1.82) is 0 Å². The number of thiophene rings is 1. The zero-order valence-electron chi connectivity index (χ0n) is 12.7. The third kappa shape index (κ3) is 3.55. The molecular formula is C18H22N2S. The lowest BCUT2D eigenvalue weighted by Crippen LogP contribution is -2.21. The average Bonchev–Trinajstić information content (AvgIpc) is 3.12. The van der Waals surface area contributed by atoms with Crippen LogP contribution in [0.3, 0.4) is 0 Å². The van der Waals surface area contributed by atoms with E-state index in [1.165, 1.54) is 22.0 Å². The summed E-state index contributed by atoms with van der Waals surface area (Å²) in [6, 6.07) is 11.7. The van der Waals surface area contributed by atoms with E-state index in [0.717, 1.165) is 19.5 Å². The highest BCUT2D eigenvalue weighted by Crippen LogP contribution is 2.19. The minimum Gasteiger partial charge on any atom is -0.347 e. The van der Waals surface area contributed by atoms with E-state index in [-0.39, 0.29) is 0 Å². The molecule has 0 bridgehead atoms. The van der Waals surface area contributed by atoms with Crippen molar-refractivity contribution >= 4 is 22.2 Å². The van der Waals surface area contributed by atoms with Crippen LogP contribution in [0.1, 0.15) is 25.0 Å². The van der Waals surface area contributed by atoms with Gasteiger partial charge in [0.1, 0.15) is 0 Å². The lowest BCUT2D eigenvalue weighted by atomic mass is 10.1. The molecule has 0 spiro atoms. The maximum Gasteiger partial charge on any atom is 0.0483 e. The Morgan fingerprint density at radius 3 is 2.81 bits per heavy atom. The maximum atomic E-state index is 3.48. The number of fused-ring (bicyclic) bond motifs is 1. The number of benzene rings is 1. The van der Waals surface area contributed by atoms with Crippen LogP contribution in [0.2, 0.25) is 0 Å². The minimum atomic E-state index is 0.520. The van der Waals surface area contributed by atoms with Crippen LogP contribution in [-0.4, -0.2) is 10.6 Å². The van der Waals surface area contributed by atoms with Gasteiger partial charge in [0.2, 0.25) is 0 Å². The molecule has 0 radical (unpaired) electrons. The Morgan fingerprint density at radius 1 is 1.14 bits per heavy atom. The van der Waals surface area contributed by atoms with Crippen molar-refractivity contribution in [3.05, 3.63) is 58.4 Å². The molecular weight excluding hydrogens is 276 g/mol. The molecule has 21 heavy (non-hydrogen) atoms. The van der Waals surface area contributed by atoms with Gasteiger partial charge in [-0.15, -0.1) is 0 Å². The fourth-order valence-electron chi connectivity index (χ4n) is 2.54. The summed E-state index contributed by atoms with van der Waals surface area (Å²) >= 11 is 1.77. The zero-order valence-corrected chi connectivity index (χ0v) is 13.5. The molecule has 0 saturated carbocycles. The van der Waals surface area contributed by atoms with Gasteiger partial charge in [0, 0.05) is 30.8 Å². The van der Waals surface area contributed by atoms with Crippen LogP contribution in [-0.2, 0) is 19.5 Å². The fraction of sp³-hybridized carbons (Fsp3) is 0.333. The molecule has 110 valence electrons. The summed E-state index contributed by atoms with van der Waals surface area (Å²) < 4.78 is 2.37. The first-order valence-corrected chi connectivity index (χ1v) is 8.49. The highest BCUT2D eigenvalue weighted by atomic mass is 32.1. The predicted molar refractivity (Wildman–Crippen MR) is 91.9 cm³/mol. The minimum absolute atomic E-state index is 0.520. The molecule has 0 aliphatic carbocycles. The molecule has 3 aromatic rings. The van der Waals surface area contributed by atoms with Crippen LogP contribution < -0.4 is 5.32 Å². The predicted octanol–water partition coefficient (Wildman–Crippen LogP) is 4.44. The molecule has 0 atom stereocenters. The van der Waals surface area contributed by atoms with E-state index in [9.17, 15) is 0 Å². The summed E-state index contributed by atoms with van der Waals surface area (Å²) in [6.45, 7) is 6.34. The Morgan fingerprint density at radius 2 is 2.05 bits per heavy atom. The standard InChI is InChI=1S/C18H22N2S/c1-14(2)19-12-16-3-4-17-6-9-20(18(17)11-16)8-5-15-7-10-21-13-15/h3-4,6-7,9-11,13-14,19H,5,8,12H2,1-2H3. The molecule has 2 nitrogen and oxygen atoms in total. The van der Waals surface area contributed by atoms with Crippen LogP contribution in [0.5, 0.6) is 0 Å². The van der Waals surface area contributed by atoms with Crippen molar-refractivity contribution in [1.82, 2.24) is 9.88 Å². The second kappa shape index (κ2) is 6.46. The Labute approximate surface area is 130 Å². The normalized spacial score (nSPS) is 11.6. The third-order valence-electron chi connectivity index (χ3n) is 3.77. The van der Waals surface area contributed by atoms with Gasteiger partial charge in [0.25, 0.3) is 0 Å². The van der Waals surface area contributed by atoms with Gasteiger partial charge in [0.05, 0.1) is 0 Å². The molecule has 0 aliphatic heterocycles. The number of hydrogen-bond donors (Lipinski definition) is 1. The molecule has 2 aromatic heterocycles. The van der Waals surface area contributed by atoms with E-state index in [0.29, 0.717) is 6.04 Å². The average molecular weight is 298 g/mol. The SMILES string of the molecule is CC(C)NCc1ccc2ccn(CCc3ccsc3)c2c1. The van der Waals surface area contributed by atoms with E-state index in [1.807, 2.05) is 0 Å². The molecule has 1 N–H and O–H groups in total. The van der Waals surface area contributed by atoms with E-state index >= 15 is 0 Å². The first-order chi connectivity index (χ1) is 10.2. The molecule has 0 saturated heterocycles. The monoisotopic (exact) mass is 298 g/mol. The number of rotatable bonds is 6. The van der Waals surface area contributed by atoms with Crippen molar-refractivity contribution in [3.8, 4) is 0 Å². The number of aryl methyl sites for hydroxylation is 2. The summed E-state index contributed by atoms with van der Waals surface area (Å²) in [4.78, 5) is 0. The second-order valence-corrected chi connectivity index (χ2v) is 6.60. The first-order valence-electron chi connectivity index (χ1n) is 7.54. The van der Waals surface area contributed by atoms with Gasteiger partial charge in [-0.3, -0.25) is 0 Å². The molecule has 0 aliphatic rings. The van der Waals surface area contributed by atoms with Gasteiger partial charge in [0.15, 0.2) is 0 Å². The Hall–Kier alpha value is -1.58. The van der Waals surface area contributed by atoms with Crippen LogP contribution in [0.25, 0.3) is 10.9 Å². The maximum absolute atomic E-state index is 3.48. The van der Waals surface area contributed by atoms with Crippen LogP contribution in [0, 0.1) is 0 Å². The van der Waals surface area contributed by atoms with E-state index in [2.05, 4.69) is 71.0 Å². The topological polar surface area (TPSA) is 17.0 Å². The van der Waals surface area contributed by atoms with Gasteiger partial charge in [-0.05, 0) is 51.9 Å². The fourth-order valence-corrected chi connectivity index (χ4v) is 3.24. The zero-order chi connectivity index (χ0) is 14.7. The summed E-state index contributed by atoms with van der Waals surface area (Å²) in [5.74, 6) is 0. The van der Waals surface area contributed by atoms with Crippen molar-refractivity contribution in [2.75, 3.05) is 0 Å². The van der Waals surface area contributed by atoms with Gasteiger partial charge in [-0.1, -0.05) is 26.0 Å². The lowest BCUT2D eigenvalue weighted by Gasteiger charge is -2.09. The first kappa shape index (κ1) is 14.4. The molecule has 2 heterocycles. The highest BCUT2D eigenvalue weighted by Gasteiger charge is 2.04. The van der Waals surface area contributed by atoms with Crippen molar-refractivity contribution in [2.24, 2.45) is 0 Å². The van der Waals surface area contributed by atoms with Crippen molar-refractivity contribution in [2.45, 2.75) is 39.4 Å². The molecule has 3 rings (SSSR count). The molecule has 0 fully saturated rings. The van der Waals surface area contributed by atoms with E-state index in [1.54, 1.807) is 11.3 Å². The third-order valence-corrected chi connectivity index (χ3v) is 4.51. The van der Waals surface area contributed by atoms with Gasteiger partial charge < -0.3 is 9.88 Å². The van der Waals surface area contributed by atoms with Gasteiger partial charge >= 0.3 is 0 Å². The van der Waals surface area contributed by atoms with Crippen molar-refractivity contribution < 1.29 is 0 Å².